The van der Waals surface area contributed by atoms with Crippen LogP contribution in [0, 0.1) is 0 Å². The van der Waals surface area contributed by atoms with E-state index in [1.54, 1.807) is 0 Å². The van der Waals surface area contributed by atoms with Crippen molar-refractivity contribution < 1.29 is 24.5 Å². The second-order valence-electron chi connectivity index (χ2n) is 6.84. The Morgan fingerprint density at radius 1 is 0.931 bits per heavy atom. The van der Waals surface area contributed by atoms with Gasteiger partial charge in [-0.1, -0.05) is 60.7 Å². The number of carboxylic acids is 1. The first-order chi connectivity index (χ1) is 14.0. The van der Waals surface area contributed by atoms with Crippen LogP contribution >= 0.6 is 0 Å². The maximum Gasteiger partial charge on any atom is 0.408 e. The van der Waals surface area contributed by atoms with Crippen LogP contribution in [0.15, 0.2) is 72.8 Å². The Hall–Kier alpha value is -3.80. The number of amides is 1. The number of carboxylic acid groups (broad SMARTS) is 1. The Kier molecular flexibility index (Phi) is 4.91. The molecule has 3 aromatic carbocycles. The maximum atomic E-state index is 12.3. The maximum absolute atomic E-state index is 12.3. The number of phenols is 1. The third-order valence-corrected chi connectivity index (χ3v) is 5.06. The van der Waals surface area contributed by atoms with Gasteiger partial charge in [0, 0.05) is 5.92 Å². The molecule has 0 aliphatic heterocycles. The Morgan fingerprint density at radius 2 is 1.55 bits per heavy atom. The van der Waals surface area contributed by atoms with Crippen molar-refractivity contribution in [3.8, 4) is 16.9 Å². The van der Waals surface area contributed by atoms with Crippen molar-refractivity contribution in [3.05, 3.63) is 89.5 Å². The second-order valence-corrected chi connectivity index (χ2v) is 6.84. The van der Waals surface area contributed by atoms with Gasteiger partial charge in [0.15, 0.2) is 6.04 Å². The smallest absolute Gasteiger partial charge is 0.408 e. The molecule has 1 aliphatic rings. The summed E-state index contributed by atoms with van der Waals surface area (Å²) in [5.74, 6) is -1.44. The Morgan fingerprint density at radius 3 is 2.14 bits per heavy atom. The van der Waals surface area contributed by atoms with E-state index in [4.69, 9.17) is 4.74 Å². The molecule has 0 heterocycles. The summed E-state index contributed by atoms with van der Waals surface area (Å²) in [5, 5.41) is 21.4. The molecule has 0 aromatic heterocycles. The highest BCUT2D eigenvalue weighted by atomic mass is 16.5. The van der Waals surface area contributed by atoms with Crippen molar-refractivity contribution in [2.24, 2.45) is 0 Å². The largest absolute Gasteiger partial charge is 0.508 e. The molecule has 1 aliphatic carbocycles. The SMILES string of the molecule is O=C(N[C@H](C(=O)O)c1cccc(O)c1)OCC1c2ccccc2-c2ccccc21. The number of ether oxygens (including phenoxy) is 1. The molecule has 29 heavy (non-hydrogen) atoms. The molecule has 4 rings (SSSR count). The lowest BCUT2D eigenvalue weighted by Crippen LogP contribution is -2.34. The zero-order valence-corrected chi connectivity index (χ0v) is 15.4. The number of hydrogen-bond donors (Lipinski definition) is 3. The second kappa shape index (κ2) is 7.67. The molecule has 0 bridgehead atoms. The van der Waals surface area contributed by atoms with Crippen LogP contribution in [0.5, 0.6) is 5.75 Å². The predicted octanol–water partition coefficient (Wildman–Crippen LogP) is 4.06. The highest BCUT2D eigenvalue weighted by molar-refractivity contribution is 5.82. The topological polar surface area (TPSA) is 95.9 Å². The Balaban J connectivity index is 1.49. The third kappa shape index (κ3) is 3.65. The number of fused-ring (bicyclic) bond motifs is 3. The van der Waals surface area contributed by atoms with Gasteiger partial charge in [-0.2, -0.15) is 0 Å². The number of benzene rings is 3. The van der Waals surface area contributed by atoms with Gasteiger partial charge in [0.25, 0.3) is 0 Å². The number of carbonyl (C=O) groups is 2. The molecular formula is C23H19NO5. The molecule has 0 spiro atoms. The van der Waals surface area contributed by atoms with Gasteiger partial charge in [0.1, 0.15) is 12.4 Å². The third-order valence-electron chi connectivity index (χ3n) is 5.06. The lowest BCUT2D eigenvalue weighted by atomic mass is 9.98. The van der Waals surface area contributed by atoms with E-state index in [1.807, 2.05) is 48.5 Å². The Bertz CT molecular complexity index is 1030. The fraction of sp³-hybridized carbons (Fsp3) is 0.130. The molecule has 3 N–H and O–H groups in total. The van der Waals surface area contributed by atoms with Crippen LogP contribution in [0.25, 0.3) is 11.1 Å². The van der Waals surface area contributed by atoms with Crippen LogP contribution in [-0.2, 0) is 9.53 Å². The first-order valence-corrected chi connectivity index (χ1v) is 9.18. The number of carbonyl (C=O) groups excluding carboxylic acids is 1. The highest BCUT2D eigenvalue weighted by Gasteiger charge is 2.30. The molecule has 6 nitrogen and oxygen atoms in total. The van der Waals surface area contributed by atoms with Gasteiger partial charge in [-0.25, -0.2) is 9.59 Å². The van der Waals surface area contributed by atoms with Crippen molar-refractivity contribution in [3.63, 3.8) is 0 Å². The number of phenolic OH excluding ortho intramolecular Hbond substituents is 1. The van der Waals surface area contributed by atoms with E-state index in [0.717, 1.165) is 22.3 Å². The van der Waals surface area contributed by atoms with E-state index >= 15 is 0 Å². The van der Waals surface area contributed by atoms with Crippen LogP contribution in [0.4, 0.5) is 4.79 Å². The van der Waals surface area contributed by atoms with E-state index in [2.05, 4.69) is 5.32 Å². The summed E-state index contributed by atoms with van der Waals surface area (Å²) in [5.41, 5.74) is 4.63. The average molecular weight is 389 g/mol. The summed E-state index contributed by atoms with van der Waals surface area (Å²) < 4.78 is 5.40. The van der Waals surface area contributed by atoms with Crippen molar-refractivity contribution in [2.75, 3.05) is 6.61 Å². The van der Waals surface area contributed by atoms with Crippen molar-refractivity contribution >= 4 is 12.1 Å². The molecule has 6 heteroatoms. The summed E-state index contributed by atoms with van der Waals surface area (Å²) in [6, 6.07) is 20.4. The predicted molar refractivity (Wildman–Crippen MR) is 107 cm³/mol. The number of alkyl carbamates (subject to hydrolysis) is 1. The van der Waals surface area contributed by atoms with Gasteiger partial charge in [0.2, 0.25) is 0 Å². The summed E-state index contributed by atoms with van der Waals surface area (Å²) in [7, 11) is 0. The molecule has 146 valence electrons. The molecule has 1 amide bonds. The average Bonchev–Trinajstić information content (AvgIpc) is 3.04. The van der Waals surface area contributed by atoms with E-state index in [1.165, 1.54) is 24.3 Å². The molecule has 3 aromatic rings. The molecule has 0 fully saturated rings. The summed E-state index contributed by atoms with van der Waals surface area (Å²) in [6.45, 7) is 0.0895. The van der Waals surface area contributed by atoms with Gasteiger partial charge in [0.05, 0.1) is 0 Å². The van der Waals surface area contributed by atoms with E-state index in [9.17, 15) is 19.8 Å². The minimum Gasteiger partial charge on any atom is -0.508 e. The minimum absolute atomic E-state index is 0.0805. The van der Waals surface area contributed by atoms with Crippen LogP contribution in [-0.4, -0.2) is 28.9 Å². The molecule has 1 atom stereocenters. The zero-order valence-electron chi connectivity index (χ0n) is 15.4. The van der Waals surface area contributed by atoms with Crippen molar-refractivity contribution in [1.82, 2.24) is 5.32 Å². The first-order valence-electron chi connectivity index (χ1n) is 9.18. The highest BCUT2D eigenvalue weighted by Crippen LogP contribution is 2.44. The molecule has 0 radical (unpaired) electrons. The number of nitrogens with one attached hydrogen (secondary N) is 1. The summed E-state index contributed by atoms with van der Waals surface area (Å²) in [6.07, 6.45) is -0.831. The van der Waals surface area contributed by atoms with Crippen molar-refractivity contribution in [2.45, 2.75) is 12.0 Å². The van der Waals surface area contributed by atoms with Crippen molar-refractivity contribution in [1.29, 1.82) is 0 Å². The van der Waals surface area contributed by atoms with Gasteiger partial charge < -0.3 is 20.3 Å². The lowest BCUT2D eigenvalue weighted by molar-refractivity contribution is -0.139. The number of aromatic hydroxyl groups is 1. The Labute approximate surface area is 167 Å². The minimum atomic E-state index is -1.32. The van der Waals surface area contributed by atoms with Gasteiger partial charge in [-0.15, -0.1) is 0 Å². The van der Waals surface area contributed by atoms with E-state index in [0.29, 0.717) is 0 Å². The normalized spacial score (nSPS) is 13.2. The number of rotatable bonds is 5. The standard InChI is InChI=1S/C23H19NO5/c25-15-7-5-6-14(12-15)21(22(26)27)24-23(28)29-13-20-18-10-3-1-8-16(18)17-9-2-4-11-19(17)20/h1-12,20-21,25H,13H2,(H,24,28)(H,26,27)/t21-/m0/s1. The van der Waals surface area contributed by atoms with Gasteiger partial charge in [-0.3, -0.25) is 0 Å². The fourth-order valence-corrected chi connectivity index (χ4v) is 3.75. The first kappa shape index (κ1) is 18.6. The van der Waals surface area contributed by atoms with Gasteiger partial charge >= 0.3 is 12.1 Å². The van der Waals surface area contributed by atoms with Crippen LogP contribution in [0.3, 0.4) is 0 Å². The van der Waals surface area contributed by atoms with E-state index in [-0.39, 0.29) is 23.8 Å². The number of aliphatic carboxylic acids is 1. The summed E-state index contributed by atoms with van der Waals surface area (Å²) in [4.78, 5) is 23.9. The van der Waals surface area contributed by atoms with Crippen LogP contribution in [0.1, 0.15) is 28.7 Å². The van der Waals surface area contributed by atoms with E-state index < -0.39 is 18.1 Å². The number of hydrogen-bond acceptors (Lipinski definition) is 4. The molecular weight excluding hydrogens is 370 g/mol. The van der Waals surface area contributed by atoms with Crippen LogP contribution in [0.2, 0.25) is 0 Å². The fourth-order valence-electron chi connectivity index (χ4n) is 3.75. The monoisotopic (exact) mass is 389 g/mol. The molecule has 0 unspecified atom stereocenters. The summed E-state index contributed by atoms with van der Waals surface area (Å²) >= 11 is 0. The molecule has 0 saturated carbocycles. The van der Waals surface area contributed by atoms with Crippen LogP contribution < -0.4 is 5.32 Å². The lowest BCUT2D eigenvalue weighted by Gasteiger charge is -2.18. The van der Waals surface area contributed by atoms with Gasteiger partial charge in [-0.05, 0) is 39.9 Å². The zero-order chi connectivity index (χ0) is 20.4. The quantitative estimate of drug-likeness (QED) is 0.612. The molecule has 0 saturated heterocycles.